The van der Waals surface area contributed by atoms with Crippen molar-refractivity contribution in [1.82, 2.24) is 10.2 Å². The Kier molecular flexibility index (Phi) is 3.21. The van der Waals surface area contributed by atoms with E-state index in [1.807, 2.05) is 0 Å². The van der Waals surface area contributed by atoms with E-state index < -0.39 is 4.92 Å². The topological polar surface area (TPSA) is 107 Å². The van der Waals surface area contributed by atoms with Crippen molar-refractivity contribution in [2.45, 2.75) is 6.42 Å². The van der Waals surface area contributed by atoms with Crippen molar-refractivity contribution in [1.29, 1.82) is 0 Å². The highest BCUT2D eigenvalue weighted by atomic mass is 16.6. The Balaban J connectivity index is 2.55. The molecule has 0 aliphatic heterocycles. The molecule has 0 aromatic carbocycles. The largest absolute Gasteiger partial charge is 0.473 e. The Hall–Kier alpha value is -1.63. The molecule has 1 heterocycles. The maximum atomic E-state index is 10.4. The number of aromatic amines is 1. The fourth-order valence-corrected chi connectivity index (χ4v) is 0.762. The molecule has 0 unspecified atom stereocenters. The molecule has 3 N–H and O–H groups in total. The Bertz CT molecular complexity index is 285. The molecule has 0 spiro atoms. The molecule has 1 aromatic heterocycles. The summed E-state index contributed by atoms with van der Waals surface area (Å²) in [7, 11) is 0. The van der Waals surface area contributed by atoms with Crippen LogP contribution < -0.4 is 10.5 Å². The SMILES string of the molecule is NCCCOc1[nH]ncc1[N+](=O)[O-]. The third kappa shape index (κ3) is 2.41. The lowest BCUT2D eigenvalue weighted by molar-refractivity contribution is -0.385. The molecule has 1 rings (SSSR count). The van der Waals surface area contributed by atoms with Gasteiger partial charge in [0.05, 0.1) is 11.5 Å². The molecule has 0 fully saturated rings. The van der Waals surface area contributed by atoms with Gasteiger partial charge < -0.3 is 10.5 Å². The lowest BCUT2D eigenvalue weighted by Gasteiger charge is -2.00. The minimum absolute atomic E-state index is 0.0819. The molecule has 0 radical (unpaired) electrons. The van der Waals surface area contributed by atoms with E-state index in [0.29, 0.717) is 19.6 Å². The van der Waals surface area contributed by atoms with Crippen molar-refractivity contribution >= 4 is 5.69 Å². The first kappa shape index (κ1) is 9.46. The average Bonchev–Trinajstić information content (AvgIpc) is 2.53. The number of hydrogen-bond donors (Lipinski definition) is 2. The van der Waals surface area contributed by atoms with E-state index in [2.05, 4.69) is 10.2 Å². The normalized spacial score (nSPS) is 9.92. The number of aromatic nitrogens is 2. The van der Waals surface area contributed by atoms with Gasteiger partial charge in [0.15, 0.2) is 0 Å². The second kappa shape index (κ2) is 4.41. The highest BCUT2D eigenvalue weighted by Gasteiger charge is 2.16. The monoisotopic (exact) mass is 186 g/mol. The van der Waals surface area contributed by atoms with E-state index in [9.17, 15) is 10.1 Å². The summed E-state index contributed by atoms with van der Waals surface area (Å²) >= 11 is 0. The van der Waals surface area contributed by atoms with Crippen LogP contribution in [0.5, 0.6) is 5.88 Å². The number of nitrogens with one attached hydrogen (secondary N) is 1. The molecule has 0 amide bonds. The smallest absolute Gasteiger partial charge is 0.350 e. The first-order valence-electron chi connectivity index (χ1n) is 3.76. The van der Waals surface area contributed by atoms with Crippen LogP contribution in [-0.2, 0) is 0 Å². The lowest BCUT2D eigenvalue weighted by atomic mass is 10.5. The summed E-state index contributed by atoms with van der Waals surface area (Å²) in [5, 5.41) is 16.2. The summed E-state index contributed by atoms with van der Waals surface area (Å²) in [5.41, 5.74) is 5.07. The van der Waals surface area contributed by atoms with E-state index >= 15 is 0 Å². The number of nitro groups is 1. The predicted octanol–water partition coefficient (Wildman–Crippen LogP) is 0.0455. The fraction of sp³-hybridized carbons (Fsp3) is 0.500. The second-order valence-corrected chi connectivity index (χ2v) is 2.33. The molecule has 1 aromatic rings. The molecule has 0 saturated carbocycles. The van der Waals surface area contributed by atoms with Crippen LogP contribution in [0.3, 0.4) is 0 Å². The first-order valence-corrected chi connectivity index (χ1v) is 3.76. The van der Waals surface area contributed by atoms with Crippen molar-refractivity contribution in [2.24, 2.45) is 5.73 Å². The van der Waals surface area contributed by atoms with Crippen LogP contribution in [0.25, 0.3) is 0 Å². The standard InChI is InChI=1S/C6H10N4O3/c7-2-1-3-13-6-5(10(11)12)4-8-9-6/h4H,1-3,7H2,(H,8,9). The zero-order valence-corrected chi connectivity index (χ0v) is 6.90. The van der Waals surface area contributed by atoms with Crippen molar-refractivity contribution in [3.8, 4) is 5.88 Å². The van der Waals surface area contributed by atoms with Gasteiger partial charge in [0.2, 0.25) is 0 Å². The summed E-state index contributed by atoms with van der Waals surface area (Å²) in [6.45, 7) is 0.835. The van der Waals surface area contributed by atoms with Crippen LogP contribution in [0, 0.1) is 10.1 Å². The average molecular weight is 186 g/mol. The van der Waals surface area contributed by atoms with Crippen molar-refractivity contribution in [2.75, 3.05) is 13.2 Å². The van der Waals surface area contributed by atoms with Gasteiger partial charge in [-0.3, -0.25) is 10.1 Å². The van der Waals surface area contributed by atoms with Crippen molar-refractivity contribution < 1.29 is 9.66 Å². The number of nitrogens with zero attached hydrogens (tertiary/aromatic N) is 2. The molecule has 72 valence electrons. The van der Waals surface area contributed by atoms with Gasteiger partial charge in [-0.2, -0.15) is 5.10 Å². The maximum absolute atomic E-state index is 10.4. The molecule has 0 aliphatic rings. The van der Waals surface area contributed by atoms with Crippen LogP contribution in [0.1, 0.15) is 6.42 Å². The summed E-state index contributed by atoms with van der Waals surface area (Å²) in [4.78, 5) is 9.80. The highest BCUT2D eigenvalue weighted by molar-refractivity contribution is 5.37. The minimum atomic E-state index is -0.554. The maximum Gasteiger partial charge on any atom is 0.350 e. The lowest BCUT2D eigenvalue weighted by Crippen LogP contribution is -2.07. The first-order chi connectivity index (χ1) is 6.25. The Morgan fingerprint density at radius 2 is 2.54 bits per heavy atom. The van der Waals surface area contributed by atoms with Crippen molar-refractivity contribution in [3.63, 3.8) is 0 Å². The van der Waals surface area contributed by atoms with Crippen LogP contribution in [0.15, 0.2) is 6.20 Å². The number of hydrogen-bond acceptors (Lipinski definition) is 5. The highest BCUT2D eigenvalue weighted by Crippen LogP contribution is 2.22. The number of rotatable bonds is 5. The summed E-state index contributed by atoms with van der Waals surface area (Å²) in [6.07, 6.45) is 1.76. The van der Waals surface area contributed by atoms with Gasteiger partial charge >= 0.3 is 5.69 Å². The number of ether oxygens (including phenoxy) is 1. The zero-order valence-electron chi connectivity index (χ0n) is 6.90. The third-order valence-corrected chi connectivity index (χ3v) is 1.38. The van der Waals surface area contributed by atoms with E-state index in [4.69, 9.17) is 10.5 Å². The van der Waals surface area contributed by atoms with Gasteiger partial charge in [0, 0.05) is 0 Å². The summed E-state index contributed by atoms with van der Waals surface area (Å²) in [5.74, 6) is 0.0819. The van der Waals surface area contributed by atoms with Gasteiger partial charge in [-0.1, -0.05) is 0 Å². The second-order valence-electron chi connectivity index (χ2n) is 2.33. The molecule has 13 heavy (non-hydrogen) atoms. The molecule has 7 nitrogen and oxygen atoms in total. The van der Waals surface area contributed by atoms with E-state index in [1.54, 1.807) is 0 Å². The van der Waals surface area contributed by atoms with Gasteiger partial charge in [0.1, 0.15) is 6.20 Å². The molecule has 0 bridgehead atoms. The molecular formula is C6H10N4O3. The fourth-order valence-electron chi connectivity index (χ4n) is 0.762. The van der Waals surface area contributed by atoms with Crippen LogP contribution in [0.2, 0.25) is 0 Å². The zero-order chi connectivity index (χ0) is 9.68. The molecule has 7 heteroatoms. The van der Waals surface area contributed by atoms with Gasteiger partial charge in [-0.05, 0) is 13.0 Å². The van der Waals surface area contributed by atoms with Gasteiger partial charge in [-0.25, -0.2) is 5.10 Å². The third-order valence-electron chi connectivity index (χ3n) is 1.38. The molecule has 0 saturated heterocycles. The van der Waals surface area contributed by atoms with E-state index in [-0.39, 0.29) is 11.6 Å². The molecule has 0 aliphatic carbocycles. The Labute approximate surface area is 74.0 Å². The van der Waals surface area contributed by atoms with Crippen LogP contribution in [-0.4, -0.2) is 28.3 Å². The number of H-pyrrole nitrogens is 1. The van der Waals surface area contributed by atoms with Crippen molar-refractivity contribution in [3.05, 3.63) is 16.3 Å². The van der Waals surface area contributed by atoms with E-state index in [1.165, 1.54) is 0 Å². The minimum Gasteiger partial charge on any atom is -0.473 e. The summed E-state index contributed by atoms with van der Waals surface area (Å²) < 4.78 is 5.04. The van der Waals surface area contributed by atoms with Gasteiger partial charge in [0.25, 0.3) is 5.88 Å². The van der Waals surface area contributed by atoms with Crippen LogP contribution >= 0.6 is 0 Å². The van der Waals surface area contributed by atoms with E-state index in [0.717, 1.165) is 6.20 Å². The molecule has 0 atom stereocenters. The molecular weight excluding hydrogens is 176 g/mol. The summed E-state index contributed by atoms with van der Waals surface area (Å²) in [6, 6.07) is 0. The Morgan fingerprint density at radius 3 is 3.15 bits per heavy atom. The quantitative estimate of drug-likeness (QED) is 0.383. The van der Waals surface area contributed by atoms with Gasteiger partial charge in [-0.15, -0.1) is 0 Å². The Morgan fingerprint density at radius 1 is 1.77 bits per heavy atom. The van der Waals surface area contributed by atoms with Crippen LogP contribution in [0.4, 0.5) is 5.69 Å². The number of nitrogens with two attached hydrogens (primary N) is 1. The predicted molar refractivity (Wildman–Crippen MR) is 44.4 cm³/mol.